The molecule has 13 heteroatoms. The first-order valence-corrected chi connectivity index (χ1v) is 8.32. The summed E-state index contributed by atoms with van der Waals surface area (Å²) in [5, 5.41) is 26.1. The van der Waals surface area contributed by atoms with Crippen LogP contribution in [0.4, 0.5) is 16.2 Å². The molecule has 1 saturated heterocycles. The fraction of sp³-hybridized carbons (Fsp3) is 0. The Morgan fingerprint density at radius 2 is 1.53 bits per heavy atom. The van der Waals surface area contributed by atoms with E-state index >= 15 is 0 Å². The first-order valence-electron chi connectivity index (χ1n) is 7.94. The number of imide groups is 2. The molecule has 1 fully saturated rings. The van der Waals surface area contributed by atoms with E-state index in [-0.39, 0.29) is 22.1 Å². The number of nitrogens with one attached hydrogen (secondary N) is 2. The summed E-state index contributed by atoms with van der Waals surface area (Å²) in [5.74, 6) is -2.28. The van der Waals surface area contributed by atoms with E-state index in [0.717, 1.165) is 24.3 Å². The first kappa shape index (κ1) is 20.4. The molecule has 2 aromatic carbocycles. The Hall–Kier alpha value is -4.32. The van der Waals surface area contributed by atoms with E-state index in [9.17, 15) is 34.6 Å². The predicted molar refractivity (Wildman–Crippen MR) is 101 cm³/mol. The van der Waals surface area contributed by atoms with Crippen LogP contribution in [-0.4, -0.2) is 27.7 Å². The fourth-order valence-corrected chi connectivity index (χ4v) is 2.63. The number of rotatable bonds is 5. The third-order valence-corrected chi connectivity index (χ3v) is 4.02. The molecule has 1 aliphatic rings. The molecule has 1 heterocycles. The van der Waals surface area contributed by atoms with Crippen molar-refractivity contribution in [2.24, 2.45) is 0 Å². The summed E-state index contributed by atoms with van der Waals surface area (Å²) >= 11 is 5.95. The van der Waals surface area contributed by atoms with Crippen molar-refractivity contribution in [1.82, 2.24) is 10.6 Å². The Bertz CT molecular complexity index is 1140. The van der Waals surface area contributed by atoms with Crippen molar-refractivity contribution in [3.8, 4) is 11.5 Å². The highest BCUT2D eigenvalue weighted by molar-refractivity contribution is 6.32. The van der Waals surface area contributed by atoms with Crippen LogP contribution in [-0.2, 0) is 9.59 Å². The average Bonchev–Trinajstić information content (AvgIpc) is 2.66. The SMILES string of the molecule is O=C1NC(=O)C(=Cc2cc(Cl)ccc2Oc2ccc([N+](=O)[O-])cc2[N+](=O)[O-])C(=O)N1. The lowest BCUT2D eigenvalue weighted by Crippen LogP contribution is -2.51. The monoisotopic (exact) mass is 432 g/mol. The van der Waals surface area contributed by atoms with Crippen LogP contribution >= 0.6 is 11.6 Å². The van der Waals surface area contributed by atoms with Gasteiger partial charge in [-0.05, 0) is 30.3 Å². The number of barbiturate groups is 1. The Morgan fingerprint density at radius 1 is 0.900 bits per heavy atom. The van der Waals surface area contributed by atoms with Crippen molar-refractivity contribution in [3.05, 3.63) is 72.8 Å². The quantitative estimate of drug-likeness (QED) is 0.314. The predicted octanol–water partition coefficient (Wildman–Crippen LogP) is 2.70. The number of carbonyl (C=O) groups excluding carboxylic acids is 3. The number of amides is 4. The fourth-order valence-electron chi connectivity index (χ4n) is 2.45. The Kier molecular flexibility index (Phi) is 5.42. The second-order valence-electron chi connectivity index (χ2n) is 5.75. The number of non-ortho nitro benzene ring substituents is 1. The molecule has 4 amide bonds. The van der Waals surface area contributed by atoms with E-state index in [0.29, 0.717) is 0 Å². The highest BCUT2D eigenvalue weighted by atomic mass is 35.5. The first-order chi connectivity index (χ1) is 14.2. The highest BCUT2D eigenvalue weighted by Crippen LogP contribution is 2.37. The summed E-state index contributed by atoms with van der Waals surface area (Å²) in [6.07, 6.45) is 1.08. The van der Waals surface area contributed by atoms with E-state index in [1.54, 1.807) is 0 Å². The number of ether oxygens (including phenoxy) is 1. The number of halogens is 1. The highest BCUT2D eigenvalue weighted by Gasteiger charge is 2.28. The Morgan fingerprint density at radius 3 is 2.13 bits per heavy atom. The number of nitrogens with zero attached hydrogens (tertiary/aromatic N) is 2. The van der Waals surface area contributed by atoms with Gasteiger partial charge in [-0.25, -0.2) is 4.79 Å². The summed E-state index contributed by atoms with van der Waals surface area (Å²) in [4.78, 5) is 55.5. The van der Waals surface area contributed by atoms with Crippen LogP contribution in [0.2, 0.25) is 5.02 Å². The number of benzene rings is 2. The Labute approximate surface area is 171 Å². The molecule has 0 radical (unpaired) electrons. The van der Waals surface area contributed by atoms with Gasteiger partial charge in [-0.3, -0.25) is 40.5 Å². The minimum atomic E-state index is -0.980. The molecule has 0 atom stereocenters. The van der Waals surface area contributed by atoms with Crippen molar-refractivity contribution < 1.29 is 29.0 Å². The van der Waals surface area contributed by atoms with Crippen LogP contribution in [0, 0.1) is 20.2 Å². The van der Waals surface area contributed by atoms with Gasteiger partial charge in [0, 0.05) is 16.7 Å². The van der Waals surface area contributed by atoms with Gasteiger partial charge in [0.15, 0.2) is 0 Å². The van der Waals surface area contributed by atoms with E-state index in [4.69, 9.17) is 16.3 Å². The van der Waals surface area contributed by atoms with Gasteiger partial charge in [-0.15, -0.1) is 0 Å². The van der Waals surface area contributed by atoms with Crippen LogP contribution in [0.15, 0.2) is 42.0 Å². The van der Waals surface area contributed by atoms with Gasteiger partial charge in [0.05, 0.1) is 15.9 Å². The van der Waals surface area contributed by atoms with Gasteiger partial charge in [-0.1, -0.05) is 11.6 Å². The number of hydrogen-bond acceptors (Lipinski definition) is 8. The molecule has 2 aromatic rings. The largest absolute Gasteiger partial charge is 0.449 e. The maximum atomic E-state index is 11.9. The van der Waals surface area contributed by atoms with Gasteiger partial charge >= 0.3 is 11.7 Å². The molecule has 0 bridgehead atoms. The average molecular weight is 433 g/mol. The van der Waals surface area contributed by atoms with Gasteiger partial charge in [-0.2, -0.15) is 0 Å². The molecule has 0 unspecified atom stereocenters. The van der Waals surface area contributed by atoms with Crippen molar-refractivity contribution in [3.63, 3.8) is 0 Å². The molecule has 3 rings (SSSR count). The van der Waals surface area contributed by atoms with Crippen LogP contribution in [0.5, 0.6) is 11.5 Å². The maximum Gasteiger partial charge on any atom is 0.328 e. The lowest BCUT2D eigenvalue weighted by Gasteiger charge is -2.15. The zero-order chi connectivity index (χ0) is 22.0. The molecular weight excluding hydrogens is 424 g/mol. The second-order valence-corrected chi connectivity index (χ2v) is 6.18. The number of urea groups is 1. The second kappa shape index (κ2) is 7.97. The zero-order valence-electron chi connectivity index (χ0n) is 14.6. The normalized spacial score (nSPS) is 13.4. The molecule has 30 heavy (non-hydrogen) atoms. The molecule has 2 N–H and O–H groups in total. The third kappa shape index (κ3) is 4.23. The van der Waals surface area contributed by atoms with Crippen molar-refractivity contribution in [2.75, 3.05) is 0 Å². The summed E-state index contributed by atoms with van der Waals surface area (Å²) in [7, 11) is 0. The maximum absolute atomic E-state index is 11.9. The summed E-state index contributed by atoms with van der Waals surface area (Å²) in [6, 6.07) is 5.84. The third-order valence-electron chi connectivity index (χ3n) is 3.78. The molecule has 1 aliphatic heterocycles. The standard InChI is InChI=1S/C17H9ClN4O8/c18-9-1-3-13(8(5-9)6-11-15(23)19-17(25)20-16(11)24)30-14-4-2-10(21(26)27)7-12(14)22(28)29/h1-7H,(H2,19,20,23,24,25). The number of hydrogen-bond donors (Lipinski definition) is 2. The molecular formula is C17H9ClN4O8. The summed E-state index contributed by atoms with van der Waals surface area (Å²) in [6.45, 7) is 0. The number of nitro benzene ring substituents is 2. The van der Waals surface area contributed by atoms with Gasteiger partial charge < -0.3 is 4.74 Å². The topological polar surface area (TPSA) is 171 Å². The van der Waals surface area contributed by atoms with Crippen molar-refractivity contribution in [2.45, 2.75) is 0 Å². The van der Waals surface area contributed by atoms with Crippen LogP contribution in [0.3, 0.4) is 0 Å². The van der Waals surface area contributed by atoms with E-state index in [2.05, 4.69) is 0 Å². The van der Waals surface area contributed by atoms with Crippen LogP contribution < -0.4 is 15.4 Å². The van der Waals surface area contributed by atoms with Gasteiger partial charge in [0.2, 0.25) is 5.75 Å². The van der Waals surface area contributed by atoms with Gasteiger partial charge in [0.25, 0.3) is 17.5 Å². The lowest BCUT2D eigenvalue weighted by atomic mass is 10.1. The number of nitro groups is 2. The molecule has 0 aromatic heterocycles. The van der Waals surface area contributed by atoms with E-state index in [1.165, 1.54) is 18.2 Å². The summed E-state index contributed by atoms with van der Waals surface area (Å²) < 4.78 is 5.53. The van der Waals surface area contributed by atoms with Crippen LogP contribution in [0.1, 0.15) is 5.56 Å². The van der Waals surface area contributed by atoms with Crippen LogP contribution in [0.25, 0.3) is 6.08 Å². The van der Waals surface area contributed by atoms with Crippen molar-refractivity contribution in [1.29, 1.82) is 0 Å². The van der Waals surface area contributed by atoms with E-state index in [1.807, 2.05) is 10.6 Å². The van der Waals surface area contributed by atoms with Crippen molar-refractivity contribution >= 4 is 46.9 Å². The Balaban J connectivity index is 2.05. The molecule has 0 spiro atoms. The molecule has 152 valence electrons. The smallest absolute Gasteiger partial charge is 0.328 e. The molecule has 0 saturated carbocycles. The van der Waals surface area contributed by atoms with Gasteiger partial charge in [0.1, 0.15) is 11.3 Å². The lowest BCUT2D eigenvalue weighted by molar-refractivity contribution is -0.394. The minimum absolute atomic E-state index is 0.0404. The molecule has 12 nitrogen and oxygen atoms in total. The summed E-state index contributed by atoms with van der Waals surface area (Å²) in [5.41, 5.74) is -1.52. The number of carbonyl (C=O) groups is 3. The minimum Gasteiger partial charge on any atom is -0.449 e. The van der Waals surface area contributed by atoms with E-state index < -0.39 is 44.6 Å². The zero-order valence-corrected chi connectivity index (χ0v) is 15.3. The molecule has 0 aliphatic carbocycles.